The fourth-order valence-electron chi connectivity index (χ4n) is 2.98. The number of halogens is 3. The third kappa shape index (κ3) is 5.50. The molecule has 158 valence electrons. The van der Waals surface area contributed by atoms with Gasteiger partial charge in [0.05, 0.1) is 17.5 Å². The van der Waals surface area contributed by atoms with Gasteiger partial charge in [0.2, 0.25) is 15.9 Å². The lowest BCUT2D eigenvalue weighted by Gasteiger charge is -2.29. The zero-order valence-corrected chi connectivity index (χ0v) is 17.3. The van der Waals surface area contributed by atoms with Gasteiger partial charge in [-0.15, -0.1) is 0 Å². The Balaban J connectivity index is 2.41. The van der Waals surface area contributed by atoms with Crippen molar-refractivity contribution in [1.82, 2.24) is 0 Å². The Kier molecular flexibility index (Phi) is 6.62. The molecule has 29 heavy (non-hydrogen) atoms. The highest BCUT2D eigenvalue weighted by molar-refractivity contribution is 7.92. The van der Waals surface area contributed by atoms with Crippen LogP contribution in [0.15, 0.2) is 48.5 Å². The number of nitrogens with zero attached hydrogens (tertiary/aromatic N) is 1. The van der Waals surface area contributed by atoms with Crippen LogP contribution in [0, 0.1) is 0 Å². The molecule has 0 spiro atoms. The van der Waals surface area contributed by atoms with E-state index < -0.39 is 33.7 Å². The summed E-state index contributed by atoms with van der Waals surface area (Å²) < 4.78 is 64.5. The quantitative estimate of drug-likeness (QED) is 0.730. The Morgan fingerprint density at radius 2 is 1.66 bits per heavy atom. The molecule has 0 unspecified atom stereocenters. The number of rotatable bonds is 6. The van der Waals surface area contributed by atoms with Crippen molar-refractivity contribution >= 4 is 27.3 Å². The zero-order valence-electron chi connectivity index (χ0n) is 16.5. The van der Waals surface area contributed by atoms with Gasteiger partial charge in [0.1, 0.15) is 6.04 Å². The highest BCUT2D eigenvalue weighted by atomic mass is 32.2. The predicted molar refractivity (Wildman–Crippen MR) is 107 cm³/mol. The maximum absolute atomic E-state index is 13.0. The fourth-order valence-corrected chi connectivity index (χ4v) is 4.15. The summed E-state index contributed by atoms with van der Waals surface area (Å²) in [6.07, 6.45) is -3.79. The molecule has 2 rings (SSSR count). The van der Waals surface area contributed by atoms with Gasteiger partial charge in [-0.05, 0) is 42.7 Å². The minimum Gasteiger partial charge on any atom is -0.324 e. The topological polar surface area (TPSA) is 66.5 Å². The van der Waals surface area contributed by atoms with Crippen LogP contribution in [0.4, 0.5) is 24.5 Å². The van der Waals surface area contributed by atoms with Gasteiger partial charge >= 0.3 is 6.18 Å². The van der Waals surface area contributed by atoms with E-state index in [4.69, 9.17) is 0 Å². The average Bonchev–Trinajstić information content (AvgIpc) is 2.60. The van der Waals surface area contributed by atoms with Crippen LogP contribution in [0.3, 0.4) is 0 Å². The van der Waals surface area contributed by atoms with Crippen LogP contribution in [-0.2, 0) is 21.0 Å². The lowest BCUT2D eigenvalue weighted by atomic mass is 10.0. The van der Waals surface area contributed by atoms with Crippen molar-refractivity contribution in [2.45, 2.75) is 38.9 Å². The molecule has 2 aromatic rings. The zero-order chi connectivity index (χ0) is 22.0. The molecule has 0 aliphatic heterocycles. The smallest absolute Gasteiger partial charge is 0.324 e. The van der Waals surface area contributed by atoms with Crippen molar-refractivity contribution < 1.29 is 26.4 Å². The Bertz CT molecular complexity index is 988. The van der Waals surface area contributed by atoms with Crippen molar-refractivity contribution in [1.29, 1.82) is 0 Å². The normalized spacial score (nSPS) is 13.2. The van der Waals surface area contributed by atoms with Crippen LogP contribution in [0.5, 0.6) is 0 Å². The number of alkyl halides is 3. The first-order valence-corrected chi connectivity index (χ1v) is 10.7. The van der Waals surface area contributed by atoms with Crippen LogP contribution in [0.1, 0.15) is 37.8 Å². The van der Waals surface area contributed by atoms with Gasteiger partial charge in [-0.25, -0.2) is 8.42 Å². The molecule has 0 bridgehead atoms. The van der Waals surface area contributed by atoms with E-state index in [-0.39, 0.29) is 11.6 Å². The van der Waals surface area contributed by atoms with E-state index in [2.05, 4.69) is 5.32 Å². The lowest BCUT2D eigenvalue weighted by Crippen LogP contribution is -2.45. The summed E-state index contributed by atoms with van der Waals surface area (Å²) in [4.78, 5) is 12.8. The monoisotopic (exact) mass is 428 g/mol. The minimum absolute atomic E-state index is 0.108. The van der Waals surface area contributed by atoms with Crippen molar-refractivity contribution in [3.63, 3.8) is 0 Å². The molecular formula is C20H23F3N2O3S. The van der Waals surface area contributed by atoms with Gasteiger partial charge in [0.15, 0.2) is 0 Å². The number of hydrogen-bond acceptors (Lipinski definition) is 3. The van der Waals surface area contributed by atoms with E-state index in [0.29, 0.717) is 16.1 Å². The molecule has 0 aromatic heterocycles. The van der Waals surface area contributed by atoms with E-state index in [1.165, 1.54) is 13.0 Å². The van der Waals surface area contributed by atoms with E-state index in [1.54, 1.807) is 12.1 Å². The first kappa shape index (κ1) is 22.7. The number of nitrogens with one attached hydrogen (secondary N) is 1. The minimum atomic E-state index is -4.64. The number of para-hydroxylation sites is 1. The number of amides is 1. The summed E-state index contributed by atoms with van der Waals surface area (Å²) in [6.45, 7) is 5.22. The third-order valence-corrected chi connectivity index (χ3v) is 5.60. The standard InChI is InChI=1S/C20H23F3N2O3S/c1-13(2)17-10-5-6-11-18(17)24-19(26)14(3)25(29(4,27)28)16-9-7-8-15(12-16)20(21,22)23/h5-14H,1-4H3,(H,24,26)/t14-/m0/s1. The van der Waals surface area contributed by atoms with Gasteiger partial charge in [-0.1, -0.05) is 38.1 Å². The molecule has 0 heterocycles. The Hall–Kier alpha value is -2.55. The molecule has 0 aliphatic rings. The predicted octanol–water partition coefficient (Wildman–Crippen LogP) is 4.62. The fraction of sp³-hybridized carbons (Fsp3) is 0.350. The first-order chi connectivity index (χ1) is 13.3. The van der Waals surface area contributed by atoms with Gasteiger partial charge in [0, 0.05) is 5.69 Å². The van der Waals surface area contributed by atoms with Gasteiger partial charge in [-0.3, -0.25) is 9.10 Å². The number of hydrogen-bond donors (Lipinski definition) is 1. The second-order valence-corrected chi connectivity index (χ2v) is 8.87. The Morgan fingerprint density at radius 1 is 1.03 bits per heavy atom. The van der Waals surface area contributed by atoms with E-state index >= 15 is 0 Å². The molecule has 5 nitrogen and oxygen atoms in total. The van der Waals surface area contributed by atoms with Crippen LogP contribution < -0.4 is 9.62 Å². The second kappa shape index (κ2) is 8.44. The third-order valence-electron chi connectivity index (χ3n) is 4.36. The summed E-state index contributed by atoms with van der Waals surface area (Å²) in [5.41, 5.74) is 0.151. The molecule has 1 atom stereocenters. The van der Waals surface area contributed by atoms with Crippen LogP contribution >= 0.6 is 0 Å². The second-order valence-electron chi connectivity index (χ2n) is 7.01. The maximum Gasteiger partial charge on any atom is 0.416 e. The number of sulfonamides is 1. The summed E-state index contributed by atoms with van der Waals surface area (Å²) in [7, 11) is -4.04. The summed E-state index contributed by atoms with van der Waals surface area (Å²) >= 11 is 0. The van der Waals surface area contributed by atoms with Crippen molar-refractivity contribution in [2.24, 2.45) is 0 Å². The number of carbonyl (C=O) groups excluding carboxylic acids is 1. The SMILES string of the molecule is CC(C)c1ccccc1NC(=O)[C@H](C)N(c1cccc(C(F)(F)F)c1)S(C)(=O)=O. The van der Waals surface area contributed by atoms with Gasteiger partial charge in [-0.2, -0.15) is 13.2 Å². The summed E-state index contributed by atoms with van der Waals surface area (Å²) in [5.74, 6) is -0.544. The van der Waals surface area contributed by atoms with Crippen LogP contribution in [0.25, 0.3) is 0 Å². The highest BCUT2D eigenvalue weighted by Crippen LogP contribution is 2.33. The van der Waals surface area contributed by atoms with Crippen LogP contribution in [0.2, 0.25) is 0 Å². The molecule has 1 amide bonds. The molecule has 0 saturated carbocycles. The number of anilines is 2. The largest absolute Gasteiger partial charge is 0.416 e. The molecule has 2 aromatic carbocycles. The van der Waals surface area contributed by atoms with Crippen molar-refractivity contribution in [2.75, 3.05) is 15.9 Å². The van der Waals surface area contributed by atoms with E-state index in [9.17, 15) is 26.4 Å². The summed E-state index contributed by atoms with van der Waals surface area (Å²) in [5, 5.41) is 2.69. The Labute approximate surface area is 168 Å². The average molecular weight is 428 g/mol. The molecule has 0 saturated heterocycles. The molecular weight excluding hydrogens is 405 g/mol. The van der Waals surface area contributed by atoms with Crippen LogP contribution in [-0.4, -0.2) is 26.6 Å². The number of benzene rings is 2. The molecule has 0 aliphatic carbocycles. The first-order valence-electron chi connectivity index (χ1n) is 8.89. The number of carbonyl (C=O) groups is 1. The van der Waals surface area contributed by atoms with Crippen molar-refractivity contribution in [3.8, 4) is 0 Å². The molecule has 0 radical (unpaired) electrons. The molecule has 9 heteroatoms. The van der Waals surface area contributed by atoms with E-state index in [1.807, 2.05) is 26.0 Å². The lowest BCUT2D eigenvalue weighted by molar-refractivity contribution is -0.137. The summed E-state index contributed by atoms with van der Waals surface area (Å²) in [6, 6.07) is 9.69. The van der Waals surface area contributed by atoms with Gasteiger partial charge < -0.3 is 5.32 Å². The molecule has 0 fully saturated rings. The maximum atomic E-state index is 13.0. The highest BCUT2D eigenvalue weighted by Gasteiger charge is 2.34. The molecule has 1 N–H and O–H groups in total. The van der Waals surface area contributed by atoms with E-state index in [0.717, 1.165) is 24.0 Å². The van der Waals surface area contributed by atoms with Crippen molar-refractivity contribution in [3.05, 3.63) is 59.7 Å². The van der Waals surface area contributed by atoms with Gasteiger partial charge in [0.25, 0.3) is 0 Å². The Morgan fingerprint density at radius 3 is 2.21 bits per heavy atom.